The van der Waals surface area contributed by atoms with Gasteiger partial charge in [0.25, 0.3) is 0 Å². The lowest BCUT2D eigenvalue weighted by atomic mass is 9.90. The molecular formula is C19H19NO4S. The van der Waals surface area contributed by atoms with E-state index in [0.29, 0.717) is 25.8 Å². The van der Waals surface area contributed by atoms with Gasteiger partial charge in [0.05, 0.1) is 10.9 Å². The van der Waals surface area contributed by atoms with Crippen LogP contribution in [0.5, 0.6) is 0 Å². The SMILES string of the molecule is O=C1CC[C@H]([C@H]2c3ccccc3CCN2S(=O)(=O)c2ccccc2)O1. The van der Waals surface area contributed by atoms with Crippen molar-refractivity contribution >= 4 is 16.0 Å². The summed E-state index contributed by atoms with van der Waals surface area (Å²) in [4.78, 5) is 11.9. The van der Waals surface area contributed by atoms with Crippen molar-refractivity contribution in [2.75, 3.05) is 6.54 Å². The summed E-state index contributed by atoms with van der Waals surface area (Å²) in [6, 6.07) is 15.8. The van der Waals surface area contributed by atoms with Crippen LogP contribution in [0.4, 0.5) is 0 Å². The minimum atomic E-state index is -3.67. The van der Waals surface area contributed by atoms with Crippen molar-refractivity contribution in [2.24, 2.45) is 0 Å². The van der Waals surface area contributed by atoms with Crippen molar-refractivity contribution in [3.63, 3.8) is 0 Å². The normalized spacial score (nSPS) is 23.9. The summed E-state index contributed by atoms with van der Waals surface area (Å²) < 4.78 is 33.4. The molecule has 2 atom stereocenters. The molecule has 5 nitrogen and oxygen atoms in total. The third-order valence-corrected chi connectivity index (χ3v) is 6.80. The Hall–Kier alpha value is -2.18. The highest BCUT2D eigenvalue weighted by atomic mass is 32.2. The second-order valence-corrected chi connectivity index (χ2v) is 8.28. The van der Waals surface area contributed by atoms with Gasteiger partial charge in [-0.3, -0.25) is 4.79 Å². The van der Waals surface area contributed by atoms with Gasteiger partial charge in [-0.25, -0.2) is 8.42 Å². The maximum Gasteiger partial charge on any atom is 0.306 e. The molecule has 1 fully saturated rings. The minimum Gasteiger partial charge on any atom is -0.460 e. The molecule has 4 rings (SSSR count). The Morgan fingerprint density at radius 1 is 0.960 bits per heavy atom. The number of carbonyl (C=O) groups excluding carboxylic acids is 1. The predicted octanol–water partition coefficient (Wildman–Crippen LogP) is 2.68. The van der Waals surface area contributed by atoms with Crippen molar-refractivity contribution in [3.05, 3.63) is 65.7 Å². The summed E-state index contributed by atoms with van der Waals surface area (Å²) in [6.45, 7) is 0.382. The van der Waals surface area contributed by atoms with Crippen molar-refractivity contribution < 1.29 is 17.9 Å². The fourth-order valence-corrected chi connectivity index (χ4v) is 5.38. The van der Waals surface area contributed by atoms with Crippen LogP contribution < -0.4 is 0 Å². The predicted molar refractivity (Wildman–Crippen MR) is 92.3 cm³/mol. The molecule has 0 aliphatic carbocycles. The van der Waals surface area contributed by atoms with Gasteiger partial charge in [-0.05, 0) is 36.1 Å². The van der Waals surface area contributed by atoms with Crippen LogP contribution in [0.15, 0.2) is 59.5 Å². The van der Waals surface area contributed by atoms with Gasteiger partial charge in [0.2, 0.25) is 10.0 Å². The van der Waals surface area contributed by atoms with Gasteiger partial charge in [-0.1, -0.05) is 42.5 Å². The average molecular weight is 357 g/mol. The molecule has 0 aromatic heterocycles. The Morgan fingerprint density at radius 2 is 1.68 bits per heavy atom. The quantitative estimate of drug-likeness (QED) is 0.793. The van der Waals surface area contributed by atoms with Crippen LogP contribution >= 0.6 is 0 Å². The molecule has 2 aromatic rings. The molecule has 6 heteroatoms. The smallest absolute Gasteiger partial charge is 0.306 e. The molecule has 2 aromatic carbocycles. The summed E-state index contributed by atoms with van der Waals surface area (Å²) in [5.74, 6) is -0.259. The summed E-state index contributed by atoms with van der Waals surface area (Å²) in [7, 11) is -3.67. The Kier molecular flexibility index (Phi) is 4.09. The third kappa shape index (κ3) is 2.85. The lowest BCUT2D eigenvalue weighted by Gasteiger charge is -2.38. The standard InChI is InChI=1S/C19H19NO4S/c21-18-11-10-17(24-18)19-16-9-5-4-6-14(16)12-13-20(19)25(22,23)15-7-2-1-3-8-15/h1-9,17,19H,10-13H2/t17-,19-/m1/s1. The number of sulfonamides is 1. The highest BCUT2D eigenvalue weighted by Crippen LogP contribution is 2.40. The Labute approximate surface area is 147 Å². The van der Waals surface area contributed by atoms with E-state index in [4.69, 9.17) is 4.74 Å². The highest BCUT2D eigenvalue weighted by Gasteiger charge is 2.44. The van der Waals surface area contributed by atoms with Gasteiger partial charge in [0.15, 0.2) is 0 Å². The molecule has 130 valence electrons. The first-order valence-electron chi connectivity index (χ1n) is 8.41. The van der Waals surface area contributed by atoms with Gasteiger partial charge < -0.3 is 4.74 Å². The van der Waals surface area contributed by atoms with E-state index in [1.54, 1.807) is 30.3 Å². The molecule has 0 amide bonds. The van der Waals surface area contributed by atoms with E-state index in [1.165, 1.54) is 4.31 Å². The molecule has 0 bridgehead atoms. The molecule has 0 saturated carbocycles. The molecule has 0 unspecified atom stereocenters. The first-order chi connectivity index (χ1) is 12.1. The van der Waals surface area contributed by atoms with E-state index >= 15 is 0 Å². The lowest BCUT2D eigenvalue weighted by Crippen LogP contribution is -2.45. The van der Waals surface area contributed by atoms with Crippen LogP contribution in [-0.2, 0) is 26.0 Å². The number of hydrogen-bond donors (Lipinski definition) is 0. The van der Waals surface area contributed by atoms with Crippen LogP contribution in [0.2, 0.25) is 0 Å². The summed E-state index contributed by atoms with van der Waals surface area (Å²) >= 11 is 0. The number of hydrogen-bond acceptors (Lipinski definition) is 4. The van der Waals surface area contributed by atoms with Crippen LogP contribution in [0.25, 0.3) is 0 Å². The monoisotopic (exact) mass is 357 g/mol. The molecule has 2 aliphatic rings. The zero-order chi connectivity index (χ0) is 17.4. The summed E-state index contributed by atoms with van der Waals surface area (Å²) in [5, 5.41) is 0. The number of carbonyl (C=O) groups is 1. The Morgan fingerprint density at radius 3 is 2.40 bits per heavy atom. The fraction of sp³-hybridized carbons (Fsp3) is 0.316. The maximum atomic E-state index is 13.2. The van der Waals surface area contributed by atoms with Crippen molar-refractivity contribution in [1.29, 1.82) is 0 Å². The number of nitrogens with zero attached hydrogens (tertiary/aromatic N) is 1. The molecule has 25 heavy (non-hydrogen) atoms. The molecule has 2 aliphatic heterocycles. The largest absolute Gasteiger partial charge is 0.460 e. The first kappa shape index (κ1) is 16.3. The second-order valence-electron chi connectivity index (χ2n) is 6.39. The molecule has 0 radical (unpaired) electrons. The van der Waals surface area contributed by atoms with Gasteiger partial charge in [-0.15, -0.1) is 0 Å². The van der Waals surface area contributed by atoms with E-state index < -0.39 is 22.2 Å². The second kappa shape index (κ2) is 6.28. The van der Waals surface area contributed by atoms with E-state index in [2.05, 4.69) is 0 Å². The zero-order valence-corrected chi connectivity index (χ0v) is 14.5. The summed E-state index contributed by atoms with van der Waals surface area (Å²) in [5.41, 5.74) is 2.06. The maximum absolute atomic E-state index is 13.2. The van der Waals surface area contributed by atoms with E-state index in [9.17, 15) is 13.2 Å². The summed E-state index contributed by atoms with van der Waals surface area (Å²) in [6.07, 6.45) is 1.09. The number of benzene rings is 2. The molecule has 0 N–H and O–H groups in total. The molecule has 0 spiro atoms. The number of ether oxygens (including phenoxy) is 1. The van der Waals surface area contributed by atoms with Crippen LogP contribution in [0.1, 0.15) is 30.0 Å². The van der Waals surface area contributed by atoms with Crippen molar-refractivity contribution in [2.45, 2.75) is 36.3 Å². The van der Waals surface area contributed by atoms with E-state index in [0.717, 1.165) is 11.1 Å². The number of rotatable bonds is 3. The van der Waals surface area contributed by atoms with Crippen molar-refractivity contribution in [3.8, 4) is 0 Å². The van der Waals surface area contributed by atoms with Gasteiger partial charge in [0.1, 0.15) is 6.10 Å². The molecule has 2 heterocycles. The van der Waals surface area contributed by atoms with Crippen LogP contribution in [0, 0.1) is 0 Å². The first-order valence-corrected chi connectivity index (χ1v) is 9.85. The number of esters is 1. The van der Waals surface area contributed by atoms with Gasteiger partial charge in [0, 0.05) is 13.0 Å². The fourth-order valence-electron chi connectivity index (χ4n) is 3.73. The van der Waals surface area contributed by atoms with Crippen LogP contribution in [0.3, 0.4) is 0 Å². The number of cyclic esters (lactones) is 1. The minimum absolute atomic E-state index is 0.259. The van der Waals surface area contributed by atoms with Gasteiger partial charge in [-0.2, -0.15) is 4.31 Å². The molecular weight excluding hydrogens is 338 g/mol. The molecule has 1 saturated heterocycles. The number of fused-ring (bicyclic) bond motifs is 1. The zero-order valence-electron chi connectivity index (χ0n) is 13.7. The lowest BCUT2D eigenvalue weighted by molar-refractivity contribution is -0.143. The van der Waals surface area contributed by atoms with E-state index in [1.807, 2.05) is 24.3 Å². The van der Waals surface area contributed by atoms with E-state index in [-0.39, 0.29) is 10.9 Å². The average Bonchev–Trinajstić information content (AvgIpc) is 3.07. The third-order valence-electron chi connectivity index (χ3n) is 4.90. The highest BCUT2D eigenvalue weighted by molar-refractivity contribution is 7.89. The van der Waals surface area contributed by atoms with Crippen LogP contribution in [-0.4, -0.2) is 31.3 Å². The Balaban J connectivity index is 1.80. The van der Waals surface area contributed by atoms with Gasteiger partial charge >= 0.3 is 5.97 Å². The Bertz CT molecular complexity index is 895. The van der Waals surface area contributed by atoms with Crippen molar-refractivity contribution in [1.82, 2.24) is 4.31 Å². The topological polar surface area (TPSA) is 63.7 Å².